The number of rotatable bonds is 4. The molecule has 132 valence electrons. The lowest BCUT2D eigenvalue weighted by Crippen LogP contribution is -2.35. The van der Waals surface area contributed by atoms with Gasteiger partial charge in [0.25, 0.3) is 0 Å². The molecule has 0 bridgehead atoms. The van der Waals surface area contributed by atoms with Crippen molar-refractivity contribution < 1.29 is 16.8 Å². The number of halogens is 1. The molecule has 0 atom stereocenters. The second kappa shape index (κ2) is 7.91. The van der Waals surface area contributed by atoms with Gasteiger partial charge >= 0.3 is 0 Å². The molecule has 0 aliphatic carbocycles. The molecule has 0 radical (unpaired) electrons. The quantitative estimate of drug-likeness (QED) is 0.810. The van der Waals surface area contributed by atoms with E-state index in [1.807, 2.05) is 0 Å². The molecule has 1 saturated heterocycles. The summed E-state index contributed by atoms with van der Waals surface area (Å²) in [5, 5.41) is 3.13. The first-order valence-corrected chi connectivity index (χ1v) is 9.88. The van der Waals surface area contributed by atoms with E-state index in [1.165, 1.54) is 42.7 Å². The van der Waals surface area contributed by atoms with E-state index in [4.69, 9.17) is 0 Å². The summed E-state index contributed by atoms with van der Waals surface area (Å²) < 4.78 is 52.8. The maximum atomic E-state index is 12.8. The minimum Gasteiger partial charge on any atom is -0.315 e. The zero-order valence-electron chi connectivity index (χ0n) is 13.1. The van der Waals surface area contributed by atoms with Crippen LogP contribution in [0, 0.1) is 0 Å². The molecule has 0 saturated carbocycles. The molecular formula is C13H22ClN3O4S2. The smallest absolute Gasteiger partial charge is 0.244 e. The van der Waals surface area contributed by atoms with E-state index in [-0.39, 0.29) is 22.2 Å². The summed E-state index contributed by atoms with van der Waals surface area (Å²) in [4.78, 5) is -0.345. The van der Waals surface area contributed by atoms with Crippen LogP contribution < -0.4 is 5.32 Å². The van der Waals surface area contributed by atoms with Crippen LogP contribution >= 0.6 is 12.4 Å². The van der Waals surface area contributed by atoms with Crippen LogP contribution in [-0.2, 0) is 20.0 Å². The van der Waals surface area contributed by atoms with Crippen LogP contribution in [0.1, 0.15) is 6.42 Å². The summed E-state index contributed by atoms with van der Waals surface area (Å²) in [5.74, 6) is 0. The zero-order chi connectivity index (χ0) is 16.4. The third-order valence-corrected chi connectivity index (χ3v) is 7.48. The van der Waals surface area contributed by atoms with Crippen molar-refractivity contribution in [3.05, 3.63) is 24.3 Å². The average molecular weight is 384 g/mol. The zero-order valence-corrected chi connectivity index (χ0v) is 15.5. The standard InChI is InChI=1S/C13H21N3O4S2.ClH/c1-15(2)21(17,18)12-6-3-4-7-13(12)22(19,20)16-10-5-8-14-9-11-16;/h3-4,6-7,14H,5,8-11H2,1-2H3;1H. The molecule has 1 N–H and O–H groups in total. The molecule has 0 unspecified atom stereocenters. The Morgan fingerprint density at radius 2 is 1.61 bits per heavy atom. The fraction of sp³-hybridized carbons (Fsp3) is 0.538. The number of hydrogen-bond acceptors (Lipinski definition) is 5. The number of hydrogen-bond donors (Lipinski definition) is 1. The minimum absolute atomic E-state index is 0. The van der Waals surface area contributed by atoms with E-state index < -0.39 is 20.0 Å². The van der Waals surface area contributed by atoms with Crippen molar-refractivity contribution in [2.75, 3.05) is 40.3 Å². The summed E-state index contributed by atoms with van der Waals surface area (Å²) in [7, 11) is -4.90. The lowest BCUT2D eigenvalue weighted by Gasteiger charge is -2.22. The van der Waals surface area contributed by atoms with Gasteiger partial charge in [-0.2, -0.15) is 4.31 Å². The van der Waals surface area contributed by atoms with Crippen LogP contribution in [0.4, 0.5) is 0 Å². The van der Waals surface area contributed by atoms with Gasteiger partial charge < -0.3 is 5.32 Å². The lowest BCUT2D eigenvalue weighted by molar-refractivity contribution is 0.429. The monoisotopic (exact) mass is 383 g/mol. The van der Waals surface area contributed by atoms with Crippen LogP contribution in [-0.4, -0.2) is 65.7 Å². The highest BCUT2D eigenvalue weighted by molar-refractivity contribution is 7.92. The molecule has 0 spiro atoms. The summed E-state index contributed by atoms with van der Waals surface area (Å²) in [5.41, 5.74) is 0. The fourth-order valence-corrected chi connectivity index (χ4v) is 5.42. The molecule has 10 heteroatoms. The van der Waals surface area contributed by atoms with Gasteiger partial charge in [0.05, 0.1) is 0 Å². The molecule has 0 amide bonds. The van der Waals surface area contributed by atoms with Crippen LogP contribution in [0.5, 0.6) is 0 Å². The second-order valence-corrected chi connectivity index (χ2v) is 9.27. The summed E-state index contributed by atoms with van der Waals surface area (Å²) in [6.07, 6.45) is 0.696. The molecule has 1 fully saturated rings. The van der Waals surface area contributed by atoms with E-state index in [9.17, 15) is 16.8 Å². The third kappa shape index (κ3) is 4.23. The molecule has 7 nitrogen and oxygen atoms in total. The second-order valence-electron chi connectivity index (χ2n) is 5.24. The van der Waals surface area contributed by atoms with Gasteiger partial charge in [-0.3, -0.25) is 0 Å². The highest BCUT2D eigenvalue weighted by Crippen LogP contribution is 2.26. The first-order valence-electron chi connectivity index (χ1n) is 7.00. The van der Waals surface area contributed by atoms with E-state index in [0.717, 1.165) is 10.8 Å². The van der Waals surface area contributed by atoms with Gasteiger partial charge in [-0.25, -0.2) is 21.1 Å². The van der Waals surface area contributed by atoms with Crippen LogP contribution in [0.2, 0.25) is 0 Å². The highest BCUT2D eigenvalue weighted by atomic mass is 35.5. The lowest BCUT2D eigenvalue weighted by atomic mass is 10.4. The van der Waals surface area contributed by atoms with Crippen LogP contribution in [0.15, 0.2) is 34.1 Å². The van der Waals surface area contributed by atoms with E-state index >= 15 is 0 Å². The molecule has 1 aliphatic heterocycles. The maximum absolute atomic E-state index is 12.8. The van der Waals surface area contributed by atoms with Gasteiger partial charge in [0.2, 0.25) is 20.0 Å². The number of nitrogens with one attached hydrogen (secondary N) is 1. The van der Waals surface area contributed by atoms with Crippen molar-refractivity contribution in [3.8, 4) is 0 Å². The number of sulfonamides is 2. The first-order chi connectivity index (χ1) is 10.3. The Hall–Kier alpha value is -0.710. The molecular weight excluding hydrogens is 362 g/mol. The Balaban J connectivity index is 0.00000264. The fourth-order valence-electron chi connectivity index (χ4n) is 2.27. The minimum atomic E-state index is -3.85. The predicted molar refractivity (Wildman–Crippen MR) is 90.8 cm³/mol. The number of nitrogens with zero attached hydrogens (tertiary/aromatic N) is 2. The van der Waals surface area contributed by atoms with Gasteiger partial charge in [0.15, 0.2) is 0 Å². The van der Waals surface area contributed by atoms with Crippen molar-refractivity contribution in [1.82, 2.24) is 13.9 Å². The SMILES string of the molecule is CN(C)S(=O)(=O)c1ccccc1S(=O)(=O)N1CCCNCC1.Cl. The predicted octanol–water partition coefficient (Wildman–Crippen LogP) is 0.343. The molecule has 1 aromatic carbocycles. The summed E-state index contributed by atoms with van der Waals surface area (Å²) in [6.45, 7) is 2.02. The van der Waals surface area contributed by atoms with E-state index in [1.54, 1.807) is 0 Å². The summed E-state index contributed by atoms with van der Waals surface area (Å²) in [6, 6.07) is 5.75. The highest BCUT2D eigenvalue weighted by Gasteiger charge is 2.32. The third-order valence-electron chi connectivity index (χ3n) is 3.52. The molecule has 2 rings (SSSR count). The van der Waals surface area contributed by atoms with Gasteiger partial charge in [0, 0.05) is 33.7 Å². The Kier molecular flexibility index (Phi) is 6.99. The molecule has 23 heavy (non-hydrogen) atoms. The Morgan fingerprint density at radius 3 is 2.22 bits per heavy atom. The molecule has 0 aromatic heterocycles. The molecule has 1 aromatic rings. The molecule has 1 heterocycles. The van der Waals surface area contributed by atoms with Gasteiger partial charge in [-0.1, -0.05) is 12.1 Å². The Labute approximate surface area is 144 Å². The van der Waals surface area contributed by atoms with Crippen molar-refractivity contribution in [1.29, 1.82) is 0 Å². The topological polar surface area (TPSA) is 86.8 Å². The maximum Gasteiger partial charge on any atom is 0.244 e. The van der Waals surface area contributed by atoms with Crippen molar-refractivity contribution in [2.45, 2.75) is 16.2 Å². The first kappa shape index (κ1) is 20.3. The van der Waals surface area contributed by atoms with E-state index in [2.05, 4.69) is 5.32 Å². The van der Waals surface area contributed by atoms with E-state index in [0.29, 0.717) is 26.1 Å². The normalized spacial score (nSPS) is 17.5. The van der Waals surface area contributed by atoms with Crippen molar-refractivity contribution in [2.24, 2.45) is 0 Å². The number of benzene rings is 1. The molecule has 1 aliphatic rings. The average Bonchev–Trinajstić information content (AvgIpc) is 2.76. The summed E-state index contributed by atoms with van der Waals surface area (Å²) >= 11 is 0. The van der Waals surface area contributed by atoms with Gasteiger partial charge in [-0.05, 0) is 25.1 Å². The van der Waals surface area contributed by atoms with Gasteiger partial charge in [0.1, 0.15) is 9.79 Å². The van der Waals surface area contributed by atoms with Crippen LogP contribution in [0.3, 0.4) is 0 Å². The van der Waals surface area contributed by atoms with Crippen LogP contribution in [0.25, 0.3) is 0 Å². The largest absolute Gasteiger partial charge is 0.315 e. The Morgan fingerprint density at radius 1 is 1.00 bits per heavy atom. The van der Waals surface area contributed by atoms with Gasteiger partial charge in [-0.15, -0.1) is 12.4 Å². The van der Waals surface area contributed by atoms with Crippen molar-refractivity contribution in [3.63, 3.8) is 0 Å². The van der Waals surface area contributed by atoms with Crippen molar-refractivity contribution >= 4 is 32.5 Å². The Bertz CT molecular complexity index is 727.